The molecule has 0 atom stereocenters. The van der Waals surface area contributed by atoms with Crippen molar-refractivity contribution in [1.29, 1.82) is 0 Å². The molecule has 0 amide bonds. The minimum atomic E-state index is -3.77. The average molecular weight is 436 g/mol. The van der Waals surface area contributed by atoms with Gasteiger partial charge < -0.3 is 0 Å². The number of rotatable bonds is 6. The van der Waals surface area contributed by atoms with Gasteiger partial charge in [0.25, 0.3) is 5.56 Å². The van der Waals surface area contributed by atoms with Crippen molar-refractivity contribution >= 4 is 21.6 Å². The molecule has 1 N–H and O–H groups in total. The highest BCUT2D eigenvalue weighted by Crippen LogP contribution is 2.23. The topological polar surface area (TPSA) is 81.1 Å². The second kappa shape index (κ2) is 8.44. The van der Waals surface area contributed by atoms with Crippen molar-refractivity contribution in [3.8, 4) is 11.3 Å². The molecule has 0 bridgehead atoms. The van der Waals surface area contributed by atoms with E-state index in [9.17, 15) is 17.6 Å². The Bertz CT molecular complexity index is 1210. The van der Waals surface area contributed by atoms with Gasteiger partial charge in [-0.3, -0.25) is 4.79 Å². The van der Waals surface area contributed by atoms with E-state index in [1.54, 1.807) is 32.0 Å². The maximum atomic E-state index is 13.1. The average Bonchev–Trinajstić information content (AvgIpc) is 2.66. The second-order valence-electron chi connectivity index (χ2n) is 6.55. The van der Waals surface area contributed by atoms with Crippen LogP contribution in [-0.2, 0) is 16.6 Å². The summed E-state index contributed by atoms with van der Waals surface area (Å²) in [6.45, 7) is 3.41. The van der Waals surface area contributed by atoms with E-state index in [-0.39, 0.29) is 29.4 Å². The lowest BCUT2D eigenvalue weighted by Gasteiger charge is -2.12. The number of sulfonamides is 1. The molecule has 0 aliphatic carbocycles. The number of hydrogen-bond donors (Lipinski definition) is 1. The first-order valence-electron chi connectivity index (χ1n) is 8.78. The van der Waals surface area contributed by atoms with Crippen LogP contribution in [0.25, 0.3) is 11.3 Å². The van der Waals surface area contributed by atoms with Gasteiger partial charge in [0.2, 0.25) is 10.0 Å². The van der Waals surface area contributed by atoms with Crippen LogP contribution in [0.15, 0.2) is 58.2 Å². The van der Waals surface area contributed by atoms with Gasteiger partial charge in [0, 0.05) is 23.2 Å². The fourth-order valence-electron chi connectivity index (χ4n) is 2.79. The SMILES string of the molecule is Cc1cc(S(=O)(=O)NCCn2nc(-c3ccc(F)cc3)ccc2=O)c(C)cc1Cl. The summed E-state index contributed by atoms with van der Waals surface area (Å²) in [7, 11) is -3.77. The van der Waals surface area contributed by atoms with E-state index in [0.29, 0.717) is 27.4 Å². The lowest BCUT2D eigenvalue weighted by atomic mass is 10.1. The monoisotopic (exact) mass is 435 g/mol. The van der Waals surface area contributed by atoms with E-state index in [2.05, 4.69) is 9.82 Å². The molecular formula is C20H19ClFN3O3S. The Morgan fingerprint density at radius 1 is 1.07 bits per heavy atom. The van der Waals surface area contributed by atoms with Crippen LogP contribution in [0.5, 0.6) is 0 Å². The molecule has 1 heterocycles. The summed E-state index contributed by atoms with van der Waals surface area (Å²) in [5.41, 5.74) is 1.95. The molecule has 0 saturated heterocycles. The zero-order valence-corrected chi connectivity index (χ0v) is 17.4. The molecule has 0 saturated carbocycles. The van der Waals surface area contributed by atoms with E-state index in [4.69, 9.17) is 11.6 Å². The van der Waals surface area contributed by atoms with Gasteiger partial charge in [0.15, 0.2) is 0 Å². The van der Waals surface area contributed by atoms with Crippen LogP contribution in [-0.4, -0.2) is 24.7 Å². The molecular weight excluding hydrogens is 417 g/mol. The van der Waals surface area contributed by atoms with Crippen molar-refractivity contribution in [2.45, 2.75) is 25.3 Å². The van der Waals surface area contributed by atoms with E-state index in [1.165, 1.54) is 35.0 Å². The van der Waals surface area contributed by atoms with Gasteiger partial charge in [-0.1, -0.05) is 11.6 Å². The molecule has 2 aromatic carbocycles. The summed E-state index contributed by atoms with van der Waals surface area (Å²) < 4.78 is 42.0. The maximum absolute atomic E-state index is 13.1. The number of nitrogens with zero attached hydrogens (tertiary/aromatic N) is 2. The summed E-state index contributed by atoms with van der Waals surface area (Å²) in [5, 5.41) is 4.73. The van der Waals surface area contributed by atoms with Crippen LogP contribution < -0.4 is 10.3 Å². The molecule has 1 aromatic heterocycles. The highest BCUT2D eigenvalue weighted by molar-refractivity contribution is 7.89. The number of aromatic nitrogens is 2. The zero-order chi connectivity index (χ0) is 21.2. The van der Waals surface area contributed by atoms with Crippen molar-refractivity contribution < 1.29 is 12.8 Å². The van der Waals surface area contributed by atoms with Crippen LogP contribution in [0.4, 0.5) is 4.39 Å². The molecule has 0 fully saturated rings. The minimum Gasteiger partial charge on any atom is -0.268 e. The van der Waals surface area contributed by atoms with Crippen LogP contribution in [0.2, 0.25) is 5.02 Å². The molecule has 0 aliphatic rings. The zero-order valence-electron chi connectivity index (χ0n) is 15.8. The fraction of sp³-hybridized carbons (Fsp3) is 0.200. The first kappa shape index (κ1) is 21.2. The largest absolute Gasteiger partial charge is 0.268 e. The standard InChI is InChI=1S/C20H19ClFN3O3S/c1-13-12-19(14(2)11-17(13)21)29(27,28)23-9-10-25-20(26)8-7-18(24-25)15-3-5-16(22)6-4-15/h3-8,11-12,23H,9-10H2,1-2H3. The third-order valence-electron chi connectivity index (χ3n) is 4.37. The minimum absolute atomic E-state index is 0.0246. The summed E-state index contributed by atoms with van der Waals surface area (Å²) in [6, 6.07) is 11.7. The highest BCUT2D eigenvalue weighted by atomic mass is 35.5. The van der Waals surface area contributed by atoms with Crippen LogP contribution in [0, 0.1) is 19.7 Å². The quantitative estimate of drug-likeness (QED) is 0.644. The predicted molar refractivity (Wildman–Crippen MR) is 110 cm³/mol. The fourth-order valence-corrected chi connectivity index (χ4v) is 4.34. The van der Waals surface area contributed by atoms with Crippen molar-refractivity contribution in [3.05, 3.63) is 80.9 Å². The molecule has 0 aliphatic heterocycles. The Balaban J connectivity index is 1.76. The highest BCUT2D eigenvalue weighted by Gasteiger charge is 2.18. The number of halogens is 2. The number of hydrogen-bond acceptors (Lipinski definition) is 4. The second-order valence-corrected chi connectivity index (χ2v) is 8.69. The van der Waals surface area contributed by atoms with E-state index in [1.807, 2.05) is 0 Å². The first-order chi connectivity index (χ1) is 13.7. The van der Waals surface area contributed by atoms with Crippen LogP contribution in [0.3, 0.4) is 0 Å². The van der Waals surface area contributed by atoms with Crippen molar-refractivity contribution in [3.63, 3.8) is 0 Å². The van der Waals surface area contributed by atoms with E-state index < -0.39 is 10.0 Å². The Kier molecular flexibility index (Phi) is 6.16. The molecule has 152 valence electrons. The Hall–Kier alpha value is -2.55. The Morgan fingerprint density at radius 3 is 2.45 bits per heavy atom. The summed E-state index contributed by atoms with van der Waals surface area (Å²) in [5.74, 6) is -0.371. The van der Waals surface area contributed by atoms with Gasteiger partial charge in [-0.15, -0.1) is 0 Å². The molecule has 6 nitrogen and oxygen atoms in total. The van der Waals surface area contributed by atoms with Gasteiger partial charge in [0.1, 0.15) is 5.82 Å². The molecule has 29 heavy (non-hydrogen) atoms. The van der Waals surface area contributed by atoms with Gasteiger partial charge in [0.05, 0.1) is 17.1 Å². The number of aryl methyl sites for hydroxylation is 2. The summed E-state index contributed by atoms with van der Waals surface area (Å²) in [4.78, 5) is 12.2. The molecule has 0 unspecified atom stereocenters. The lowest BCUT2D eigenvalue weighted by molar-refractivity contribution is 0.548. The molecule has 3 aromatic rings. The molecule has 9 heteroatoms. The molecule has 3 rings (SSSR count). The van der Waals surface area contributed by atoms with Gasteiger partial charge in [-0.05, 0) is 67.4 Å². The van der Waals surface area contributed by atoms with Crippen molar-refractivity contribution in [2.75, 3.05) is 6.54 Å². The van der Waals surface area contributed by atoms with Gasteiger partial charge in [-0.2, -0.15) is 5.10 Å². The number of nitrogens with one attached hydrogen (secondary N) is 1. The first-order valence-corrected chi connectivity index (χ1v) is 10.6. The van der Waals surface area contributed by atoms with E-state index in [0.717, 1.165) is 0 Å². The Morgan fingerprint density at radius 2 is 1.76 bits per heavy atom. The number of benzene rings is 2. The molecule has 0 radical (unpaired) electrons. The van der Waals surface area contributed by atoms with Gasteiger partial charge in [-0.25, -0.2) is 22.2 Å². The predicted octanol–water partition coefficient (Wildman–Crippen LogP) is 3.30. The van der Waals surface area contributed by atoms with Crippen LogP contribution >= 0.6 is 11.6 Å². The summed E-state index contributed by atoms with van der Waals surface area (Å²) in [6.07, 6.45) is 0. The Labute approximate surface area is 173 Å². The third kappa shape index (κ3) is 4.90. The maximum Gasteiger partial charge on any atom is 0.266 e. The smallest absolute Gasteiger partial charge is 0.266 e. The third-order valence-corrected chi connectivity index (χ3v) is 6.38. The van der Waals surface area contributed by atoms with Crippen LogP contribution in [0.1, 0.15) is 11.1 Å². The van der Waals surface area contributed by atoms with Crippen molar-refractivity contribution in [1.82, 2.24) is 14.5 Å². The van der Waals surface area contributed by atoms with Gasteiger partial charge >= 0.3 is 0 Å². The normalized spacial score (nSPS) is 11.6. The molecule has 0 spiro atoms. The van der Waals surface area contributed by atoms with Crippen molar-refractivity contribution in [2.24, 2.45) is 0 Å². The lowest BCUT2D eigenvalue weighted by Crippen LogP contribution is -2.32. The summed E-state index contributed by atoms with van der Waals surface area (Å²) >= 11 is 6.03. The van der Waals surface area contributed by atoms with E-state index >= 15 is 0 Å².